The monoisotopic (exact) mass is 358 g/mol. The van der Waals surface area contributed by atoms with E-state index in [4.69, 9.17) is 0 Å². The van der Waals surface area contributed by atoms with Gasteiger partial charge >= 0.3 is 0 Å². The molecule has 2 amide bonds. The van der Waals surface area contributed by atoms with Gasteiger partial charge in [0.25, 0.3) is 5.91 Å². The van der Waals surface area contributed by atoms with Crippen molar-refractivity contribution in [1.82, 2.24) is 20.0 Å². The first-order chi connectivity index (χ1) is 12.5. The van der Waals surface area contributed by atoms with Crippen molar-refractivity contribution in [3.63, 3.8) is 0 Å². The highest BCUT2D eigenvalue weighted by Gasteiger charge is 2.25. The Balaban J connectivity index is 1.43. The lowest BCUT2D eigenvalue weighted by molar-refractivity contribution is -0.122. The fraction of sp³-hybridized carbons (Fsp3) is 0.600. The maximum absolute atomic E-state index is 12.3. The van der Waals surface area contributed by atoms with Gasteiger partial charge < -0.3 is 15.1 Å². The maximum atomic E-state index is 12.3. The highest BCUT2D eigenvalue weighted by atomic mass is 16.2. The van der Waals surface area contributed by atoms with Gasteiger partial charge in [-0.1, -0.05) is 12.1 Å². The summed E-state index contributed by atoms with van der Waals surface area (Å²) in [5.74, 6) is 0.171. The van der Waals surface area contributed by atoms with Crippen LogP contribution in [0.2, 0.25) is 0 Å². The summed E-state index contributed by atoms with van der Waals surface area (Å²) in [6.07, 6.45) is 3.32. The molecule has 0 radical (unpaired) electrons. The fourth-order valence-corrected chi connectivity index (χ4v) is 3.70. The molecule has 0 unspecified atom stereocenters. The summed E-state index contributed by atoms with van der Waals surface area (Å²) < 4.78 is 0. The third kappa shape index (κ3) is 4.83. The van der Waals surface area contributed by atoms with Gasteiger partial charge in [-0.15, -0.1) is 0 Å². The van der Waals surface area contributed by atoms with E-state index in [0.29, 0.717) is 19.1 Å². The van der Waals surface area contributed by atoms with Crippen molar-refractivity contribution >= 4 is 11.8 Å². The van der Waals surface area contributed by atoms with Gasteiger partial charge in [-0.05, 0) is 51.1 Å². The third-order valence-corrected chi connectivity index (χ3v) is 5.43. The van der Waals surface area contributed by atoms with E-state index in [1.54, 1.807) is 0 Å². The van der Waals surface area contributed by atoms with Crippen LogP contribution in [0.3, 0.4) is 0 Å². The number of likely N-dealkylation sites (tertiary alicyclic amines) is 2. The number of hydrogen-bond acceptors (Lipinski definition) is 4. The summed E-state index contributed by atoms with van der Waals surface area (Å²) in [5, 5.41) is 2.98. The van der Waals surface area contributed by atoms with E-state index in [-0.39, 0.29) is 11.8 Å². The Morgan fingerprint density at radius 1 is 1.12 bits per heavy atom. The standard InChI is InChI=1S/C20H30N4O2/c1-22(2)18-9-12-23(14-18)15-19(25)21-13-16-5-7-17(8-6-16)20(26)24-10-3-4-11-24/h5-8,18H,3-4,9-15H2,1-2H3,(H,21,25)/t18-/m1/s1. The van der Waals surface area contributed by atoms with Crippen molar-refractivity contribution in [2.75, 3.05) is 46.8 Å². The molecule has 6 nitrogen and oxygen atoms in total. The normalized spacial score (nSPS) is 20.7. The summed E-state index contributed by atoms with van der Waals surface area (Å²) in [5.41, 5.74) is 1.75. The van der Waals surface area contributed by atoms with Gasteiger partial charge in [0, 0.05) is 44.3 Å². The van der Waals surface area contributed by atoms with Crippen LogP contribution in [0.25, 0.3) is 0 Å². The maximum Gasteiger partial charge on any atom is 0.253 e. The van der Waals surface area contributed by atoms with Crippen molar-refractivity contribution in [3.8, 4) is 0 Å². The van der Waals surface area contributed by atoms with Crippen LogP contribution in [0.5, 0.6) is 0 Å². The topological polar surface area (TPSA) is 55.9 Å². The van der Waals surface area contributed by atoms with E-state index in [9.17, 15) is 9.59 Å². The zero-order valence-corrected chi connectivity index (χ0v) is 15.9. The second-order valence-electron chi connectivity index (χ2n) is 7.61. The van der Waals surface area contributed by atoms with Crippen LogP contribution in [0.1, 0.15) is 35.2 Å². The van der Waals surface area contributed by atoms with Gasteiger partial charge in [-0.3, -0.25) is 14.5 Å². The average Bonchev–Trinajstić information content (AvgIpc) is 3.32. The van der Waals surface area contributed by atoms with E-state index < -0.39 is 0 Å². The zero-order valence-electron chi connectivity index (χ0n) is 15.9. The number of carbonyl (C=O) groups excluding carboxylic acids is 2. The third-order valence-electron chi connectivity index (χ3n) is 5.43. The Morgan fingerprint density at radius 3 is 2.42 bits per heavy atom. The number of amides is 2. The molecule has 1 aromatic carbocycles. The van der Waals surface area contributed by atoms with E-state index >= 15 is 0 Å². The second-order valence-corrected chi connectivity index (χ2v) is 7.61. The smallest absolute Gasteiger partial charge is 0.253 e. The molecular weight excluding hydrogens is 328 g/mol. The molecule has 1 aromatic rings. The molecule has 26 heavy (non-hydrogen) atoms. The molecule has 142 valence electrons. The molecule has 0 bridgehead atoms. The molecule has 2 aliphatic rings. The highest BCUT2D eigenvalue weighted by molar-refractivity contribution is 5.94. The Kier molecular flexibility index (Phi) is 6.27. The largest absolute Gasteiger partial charge is 0.351 e. The first-order valence-corrected chi connectivity index (χ1v) is 9.56. The molecule has 2 saturated heterocycles. The van der Waals surface area contributed by atoms with Crippen LogP contribution in [0.4, 0.5) is 0 Å². The minimum absolute atomic E-state index is 0.0571. The van der Waals surface area contributed by atoms with Crippen LogP contribution >= 0.6 is 0 Å². The van der Waals surface area contributed by atoms with Crippen molar-refractivity contribution in [2.45, 2.75) is 31.8 Å². The van der Waals surface area contributed by atoms with Gasteiger partial charge in [0.15, 0.2) is 0 Å². The summed E-state index contributed by atoms with van der Waals surface area (Å²) in [7, 11) is 4.18. The predicted molar refractivity (Wildman–Crippen MR) is 102 cm³/mol. The molecule has 0 saturated carbocycles. The van der Waals surface area contributed by atoms with E-state index in [2.05, 4.69) is 29.2 Å². The lowest BCUT2D eigenvalue weighted by atomic mass is 10.1. The number of nitrogens with one attached hydrogen (secondary N) is 1. The van der Waals surface area contributed by atoms with Gasteiger partial charge in [0.2, 0.25) is 5.91 Å². The molecule has 2 fully saturated rings. The van der Waals surface area contributed by atoms with Gasteiger partial charge in [0.05, 0.1) is 6.54 Å². The summed E-state index contributed by atoms with van der Waals surface area (Å²) in [4.78, 5) is 30.9. The van der Waals surface area contributed by atoms with Crippen LogP contribution in [0, 0.1) is 0 Å². The van der Waals surface area contributed by atoms with Crippen molar-refractivity contribution in [2.24, 2.45) is 0 Å². The number of rotatable bonds is 6. The molecule has 0 aliphatic carbocycles. The Hall–Kier alpha value is -1.92. The Bertz CT molecular complexity index is 623. The number of hydrogen-bond donors (Lipinski definition) is 1. The highest BCUT2D eigenvalue weighted by Crippen LogP contribution is 2.14. The van der Waals surface area contributed by atoms with E-state index in [0.717, 1.165) is 56.6 Å². The number of likely N-dealkylation sites (N-methyl/N-ethyl adjacent to an activating group) is 1. The molecule has 3 rings (SSSR count). The summed E-state index contributed by atoms with van der Waals surface area (Å²) in [6, 6.07) is 8.14. The molecule has 2 heterocycles. The molecule has 1 N–H and O–H groups in total. The Morgan fingerprint density at radius 2 is 1.81 bits per heavy atom. The van der Waals surface area contributed by atoms with Gasteiger partial charge in [-0.25, -0.2) is 0 Å². The van der Waals surface area contributed by atoms with Crippen molar-refractivity contribution in [1.29, 1.82) is 0 Å². The van der Waals surface area contributed by atoms with Crippen LogP contribution < -0.4 is 5.32 Å². The summed E-state index contributed by atoms with van der Waals surface area (Å²) in [6.45, 7) is 4.61. The van der Waals surface area contributed by atoms with Gasteiger partial charge in [-0.2, -0.15) is 0 Å². The first-order valence-electron chi connectivity index (χ1n) is 9.56. The quantitative estimate of drug-likeness (QED) is 0.830. The molecular formula is C20H30N4O2. The van der Waals surface area contributed by atoms with Crippen LogP contribution in [0.15, 0.2) is 24.3 Å². The molecule has 0 spiro atoms. The lowest BCUT2D eigenvalue weighted by Gasteiger charge is -2.20. The summed E-state index contributed by atoms with van der Waals surface area (Å²) >= 11 is 0. The fourth-order valence-electron chi connectivity index (χ4n) is 3.70. The molecule has 2 aliphatic heterocycles. The van der Waals surface area contributed by atoms with Crippen LogP contribution in [-0.2, 0) is 11.3 Å². The van der Waals surface area contributed by atoms with Gasteiger partial charge in [0.1, 0.15) is 0 Å². The van der Waals surface area contributed by atoms with E-state index in [1.807, 2.05) is 29.2 Å². The average molecular weight is 358 g/mol. The molecule has 1 atom stereocenters. The van der Waals surface area contributed by atoms with Crippen molar-refractivity contribution < 1.29 is 9.59 Å². The predicted octanol–water partition coefficient (Wildman–Crippen LogP) is 1.17. The molecule has 0 aromatic heterocycles. The minimum atomic E-state index is 0.0571. The minimum Gasteiger partial charge on any atom is -0.351 e. The van der Waals surface area contributed by atoms with Crippen LogP contribution in [-0.4, -0.2) is 79.4 Å². The lowest BCUT2D eigenvalue weighted by Crippen LogP contribution is -2.38. The number of benzene rings is 1. The number of carbonyl (C=O) groups is 2. The molecule has 6 heteroatoms. The zero-order chi connectivity index (χ0) is 18.5. The SMILES string of the molecule is CN(C)[C@@H]1CCN(CC(=O)NCc2ccc(C(=O)N3CCCC3)cc2)C1. The van der Waals surface area contributed by atoms with Crippen molar-refractivity contribution in [3.05, 3.63) is 35.4 Å². The second kappa shape index (κ2) is 8.64. The first kappa shape index (κ1) is 18.9. The van der Waals surface area contributed by atoms with E-state index in [1.165, 1.54) is 0 Å². The Labute approximate surface area is 156 Å². The number of nitrogens with zero attached hydrogens (tertiary/aromatic N) is 3.